The summed E-state index contributed by atoms with van der Waals surface area (Å²) in [5.41, 5.74) is 4.17. The molecule has 0 radical (unpaired) electrons. The van der Waals surface area contributed by atoms with Crippen LogP contribution in [0.3, 0.4) is 0 Å². The van der Waals surface area contributed by atoms with Crippen molar-refractivity contribution in [2.24, 2.45) is 0 Å². The number of carbonyl (C=O) groups is 2. The number of amides is 1. The monoisotopic (exact) mass is 337 g/mol. The van der Waals surface area contributed by atoms with Crippen LogP contribution in [0.15, 0.2) is 36.4 Å². The lowest BCUT2D eigenvalue weighted by Gasteiger charge is -2.11. The van der Waals surface area contributed by atoms with E-state index in [0.717, 1.165) is 16.7 Å². The summed E-state index contributed by atoms with van der Waals surface area (Å²) in [6.07, 6.45) is 0. The summed E-state index contributed by atoms with van der Waals surface area (Å²) in [7, 11) is 3.16. The largest absolute Gasteiger partial charge is 0.497 e. The Hall–Kier alpha value is -3.08. The number of ketones is 1. The molecule has 128 valence electrons. The molecule has 25 heavy (non-hydrogen) atoms. The van der Waals surface area contributed by atoms with E-state index in [9.17, 15) is 9.59 Å². The van der Waals surface area contributed by atoms with Crippen LogP contribution >= 0.6 is 0 Å². The fourth-order valence-electron chi connectivity index (χ4n) is 2.93. The Labute approximate surface area is 146 Å². The zero-order valence-electron chi connectivity index (χ0n) is 14.6. The van der Waals surface area contributed by atoms with Crippen LogP contribution in [0.5, 0.6) is 11.5 Å². The summed E-state index contributed by atoms with van der Waals surface area (Å²) < 4.78 is 10.6. The van der Waals surface area contributed by atoms with Crippen LogP contribution < -0.4 is 14.8 Å². The average molecular weight is 337 g/mol. The number of methoxy groups -OCH3 is 2. The van der Waals surface area contributed by atoms with Gasteiger partial charge in [0.1, 0.15) is 11.5 Å². The normalized spacial score (nSPS) is 14.6. The fraction of sp³-hybridized carbons (Fsp3) is 0.200. The van der Waals surface area contributed by atoms with E-state index in [-0.39, 0.29) is 11.7 Å². The van der Waals surface area contributed by atoms with Gasteiger partial charge in [-0.15, -0.1) is 0 Å². The topological polar surface area (TPSA) is 64.6 Å². The van der Waals surface area contributed by atoms with Gasteiger partial charge in [-0.2, -0.15) is 0 Å². The maximum absolute atomic E-state index is 12.5. The standard InChI is InChI=1S/C20H19NO4/c1-11(14-7-15(24-3)10-16(8-14)25-4)19-17-9-13(12(2)22)5-6-18(17)21-20(19)23/h5-10H,1-4H3,(H,21,23)/b19-11+. The van der Waals surface area contributed by atoms with Gasteiger partial charge in [0.15, 0.2) is 5.78 Å². The van der Waals surface area contributed by atoms with Crippen LogP contribution in [0.2, 0.25) is 0 Å². The predicted molar refractivity (Wildman–Crippen MR) is 97.1 cm³/mol. The number of Topliss-reactive ketones (excluding diaryl/α,β-unsaturated/α-hetero) is 1. The first-order valence-corrected chi connectivity index (χ1v) is 7.85. The molecule has 0 aliphatic carbocycles. The quantitative estimate of drug-likeness (QED) is 0.681. The van der Waals surface area contributed by atoms with Crippen LogP contribution in [0.25, 0.3) is 11.1 Å². The smallest absolute Gasteiger partial charge is 0.256 e. The van der Waals surface area contributed by atoms with Crippen LogP contribution in [-0.2, 0) is 4.79 Å². The second-order valence-electron chi connectivity index (χ2n) is 5.87. The van der Waals surface area contributed by atoms with Crippen LogP contribution in [0.4, 0.5) is 5.69 Å². The minimum absolute atomic E-state index is 0.0396. The van der Waals surface area contributed by atoms with Gasteiger partial charge in [-0.1, -0.05) is 0 Å². The minimum Gasteiger partial charge on any atom is -0.497 e. The molecule has 2 aromatic carbocycles. The van der Waals surface area contributed by atoms with E-state index in [0.29, 0.717) is 28.3 Å². The van der Waals surface area contributed by atoms with Gasteiger partial charge < -0.3 is 14.8 Å². The van der Waals surface area contributed by atoms with Crippen molar-refractivity contribution in [1.29, 1.82) is 0 Å². The molecule has 1 amide bonds. The molecular formula is C20H19NO4. The number of nitrogens with one attached hydrogen (secondary N) is 1. The van der Waals surface area contributed by atoms with Gasteiger partial charge in [0.05, 0.1) is 19.8 Å². The lowest BCUT2D eigenvalue weighted by atomic mass is 9.95. The Kier molecular flexibility index (Phi) is 4.31. The van der Waals surface area contributed by atoms with Crippen molar-refractivity contribution in [2.75, 3.05) is 19.5 Å². The average Bonchev–Trinajstić information content (AvgIpc) is 2.95. The van der Waals surface area contributed by atoms with Crippen molar-refractivity contribution in [2.45, 2.75) is 13.8 Å². The maximum Gasteiger partial charge on any atom is 0.256 e. The van der Waals surface area contributed by atoms with E-state index in [1.807, 2.05) is 19.1 Å². The lowest BCUT2D eigenvalue weighted by molar-refractivity contribution is -0.110. The number of benzene rings is 2. The van der Waals surface area contributed by atoms with E-state index in [1.54, 1.807) is 38.5 Å². The zero-order valence-corrected chi connectivity index (χ0v) is 14.6. The van der Waals surface area contributed by atoms with Crippen molar-refractivity contribution < 1.29 is 19.1 Å². The van der Waals surface area contributed by atoms with Crippen LogP contribution in [0, 0.1) is 0 Å². The molecule has 0 fully saturated rings. The molecule has 3 rings (SSSR count). The summed E-state index contributed by atoms with van der Waals surface area (Å²) in [4.78, 5) is 24.2. The molecule has 0 atom stereocenters. The summed E-state index contributed by atoms with van der Waals surface area (Å²) in [5.74, 6) is 1.06. The number of anilines is 1. The van der Waals surface area contributed by atoms with Gasteiger partial charge in [-0.25, -0.2) is 0 Å². The first-order chi connectivity index (χ1) is 11.9. The van der Waals surface area contributed by atoms with Crippen molar-refractivity contribution in [3.05, 3.63) is 53.1 Å². The molecule has 5 nitrogen and oxygen atoms in total. The van der Waals surface area contributed by atoms with Gasteiger partial charge in [0.25, 0.3) is 5.91 Å². The van der Waals surface area contributed by atoms with Crippen LogP contribution in [-0.4, -0.2) is 25.9 Å². The third-order valence-corrected chi connectivity index (χ3v) is 4.33. The third-order valence-electron chi connectivity index (χ3n) is 4.33. The van der Waals surface area contributed by atoms with Gasteiger partial charge in [0.2, 0.25) is 0 Å². The molecule has 0 unspecified atom stereocenters. The lowest BCUT2D eigenvalue weighted by Crippen LogP contribution is -2.05. The Bertz CT molecular complexity index is 890. The molecule has 1 aliphatic heterocycles. The van der Waals surface area contributed by atoms with Crippen molar-refractivity contribution in [3.8, 4) is 11.5 Å². The Morgan fingerprint density at radius 1 is 0.920 bits per heavy atom. The van der Waals surface area contributed by atoms with E-state index < -0.39 is 0 Å². The summed E-state index contributed by atoms with van der Waals surface area (Å²) in [6.45, 7) is 3.38. The van der Waals surface area contributed by atoms with Gasteiger partial charge >= 0.3 is 0 Å². The third kappa shape index (κ3) is 3.01. The molecule has 1 aliphatic rings. The number of fused-ring (bicyclic) bond motifs is 1. The second kappa shape index (κ2) is 6.43. The van der Waals surface area contributed by atoms with Crippen molar-refractivity contribution in [3.63, 3.8) is 0 Å². The molecule has 1 N–H and O–H groups in total. The molecule has 2 aromatic rings. The highest BCUT2D eigenvalue weighted by molar-refractivity contribution is 6.36. The summed E-state index contributed by atoms with van der Waals surface area (Å²) >= 11 is 0. The zero-order chi connectivity index (χ0) is 18.1. The Balaban J connectivity index is 2.20. The molecule has 0 saturated heterocycles. The summed E-state index contributed by atoms with van der Waals surface area (Å²) in [5, 5.41) is 2.85. The number of ether oxygens (including phenoxy) is 2. The molecule has 0 aromatic heterocycles. The number of rotatable bonds is 4. The second-order valence-corrected chi connectivity index (χ2v) is 5.87. The molecule has 1 heterocycles. The number of carbonyl (C=O) groups excluding carboxylic acids is 2. The predicted octanol–water partition coefficient (Wildman–Crippen LogP) is 3.79. The highest BCUT2D eigenvalue weighted by Gasteiger charge is 2.27. The van der Waals surface area contributed by atoms with Gasteiger partial charge in [-0.05, 0) is 55.3 Å². The Morgan fingerprint density at radius 3 is 2.12 bits per heavy atom. The van der Waals surface area contributed by atoms with E-state index in [2.05, 4.69) is 5.32 Å². The SMILES string of the molecule is COc1cc(OC)cc(/C(C)=C2/C(=O)Nc3ccc(C(C)=O)cc32)c1. The van der Waals surface area contributed by atoms with E-state index >= 15 is 0 Å². The van der Waals surface area contributed by atoms with E-state index in [1.165, 1.54) is 6.92 Å². The maximum atomic E-state index is 12.5. The molecule has 0 spiro atoms. The number of allylic oxidation sites excluding steroid dienone is 1. The molecule has 5 heteroatoms. The first kappa shape index (κ1) is 16.8. The number of hydrogen-bond donors (Lipinski definition) is 1. The summed E-state index contributed by atoms with van der Waals surface area (Å²) in [6, 6.07) is 10.7. The number of hydrogen-bond acceptors (Lipinski definition) is 4. The first-order valence-electron chi connectivity index (χ1n) is 7.85. The Morgan fingerprint density at radius 2 is 1.56 bits per heavy atom. The minimum atomic E-state index is -0.185. The van der Waals surface area contributed by atoms with Crippen molar-refractivity contribution >= 4 is 28.5 Å². The molecule has 0 bridgehead atoms. The highest BCUT2D eigenvalue weighted by Crippen LogP contribution is 2.39. The van der Waals surface area contributed by atoms with Gasteiger partial charge in [-0.3, -0.25) is 9.59 Å². The van der Waals surface area contributed by atoms with Gasteiger partial charge in [0, 0.05) is 22.9 Å². The highest BCUT2D eigenvalue weighted by atomic mass is 16.5. The van der Waals surface area contributed by atoms with Crippen LogP contribution in [0.1, 0.15) is 35.3 Å². The molecular weight excluding hydrogens is 318 g/mol. The fourth-order valence-corrected chi connectivity index (χ4v) is 2.93. The molecule has 0 saturated carbocycles. The van der Waals surface area contributed by atoms with Crippen molar-refractivity contribution in [1.82, 2.24) is 0 Å². The van der Waals surface area contributed by atoms with E-state index in [4.69, 9.17) is 9.47 Å².